The summed E-state index contributed by atoms with van der Waals surface area (Å²) >= 11 is 0. The van der Waals surface area contributed by atoms with Gasteiger partial charge in [-0.25, -0.2) is 0 Å². The fourth-order valence-corrected chi connectivity index (χ4v) is 3.14. The number of carbonyl (C=O) groups is 1. The number of aliphatic hydroxyl groups excluding tert-OH is 1. The molecular formula is C29H29NO3. The van der Waals surface area contributed by atoms with E-state index in [1.165, 1.54) is 0 Å². The minimum absolute atomic E-state index is 0.133. The maximum absolute atomic E-state index is 11.8. The molecule has 4 heteroatoms. The van der Waals surface area contributed by atoms with Crippen LogP contribution in [0.5, 0.6) is 5.75 Å². The van der Waals surface area contributed by atoms with E-state index in [2.05, 4.69) is 5.32 Å². The lowest BCUT2D eigenvalue weighted by Crippen LogP contribution is -2.17. The molecule has 4 aromatic carbocycles. The third kappa shape index (κ3) is 7.63. The van der Waals surface area contributed by atoms with E-state index in [-0.39, 0.29) is 18.6 Å². The molecule has 0 radical (unpaired) electrons. The van der Waals surface area contributed by atoms with Crippen LogP contribution in [0.25, 0.3) is 0 Å². The Morgan fingerprint density at radius 1 is 0.788 bits per heavy atom. The van der Waals surface area contributed by atoms with Gasteiger partial charge in [0.1, 0.15) is 5.75 Å². The molecule has 0 saturated heterocycles. The highest BCUT2D eigenvalue weighted by molar-refractivity contribution is 5.95. The van der Waals surface area contributed by atoms with E-state index in [9.17, 15) is 4.79 Å². The van der Waals surface area contributed by atoms with E-state index in [1.807, 2.05) is 122 Å². The molecule has 168 valence electrons. The SMILES string of the molecule is CCC(=O)c1ccc(OC(Nc2ccccc2)c2ccccc2)cc1.OCc1ccccc1. The summed E-state index contributed by atoms with van der Waals surface area (Å²) in [7, 11) is 0. The molecule has 0 spiro atoms. The zero-order chi connectivity index (χ0) is 23.3. The molecule has 33 heavy (non-hydrogen) atoms. The van der Waals surface area contributed by atoms with Crippen LogP contribution in [-0.4, -0.2) is 10.9 Å². The van der Waals surface area contributed by atoms with Gasteiger partial charge in [-0.05, 0) is 42.0 Å². The largest absolute Gasteiger partial charge is 0.467 e. The summed E-state index contributed by atoms with van der Waals surface area (Å²) in [5, 5.41) is 11.9. The first-order valence-corrected chi connectivity index (χ1v) is 11.0. The lowest BCUT2D eigenvalue weighted by atomic mass is 10.1. The van der Waals surface area contributed by atoms with E-state index in [0.29, 0.717) is 17.7 Å². The molecule has 0 aliphatic rings. The third-order valence-corrected chi connectivity index (χ3v) is 4.95. The predicted octanol–water partition coefficient (Wildman–Crippen LogP) is 6.65. The first-order chi connectivity index (χ1) is 16.2. The van der Waals surface area contributed by atoms with Crippen LogP contribution in [0.3, 0.4) is 0 Å². The Balaban J connectivity index is 0.000000323. The van der Waals surface area contributed by atoms with E-state index in [0.717, 1.165) is 16.8 Å². The van der Waals surface area contributed by atoms with E-state index in [4.69, 9.17) is 9.84 Å². The molecule has 1 atom stereocenters. The molecule has 4 aromatic rings. The molecular weight excluding hydrogens is 410 g/mol. The molecule has 0 bridgehead atoms. The monoisotopic (exact) mass is 439 g/mol. The molecule has 2 N–H and O–H groups in total. The molecule has 1 unspecified atom stereocenters. The van der Waals surface area contributed by atoms with Crippen LogP contribution >= 0.6 is 0 Å². The number of aliphatic hydroxyl groups is 1. The van der Waals surface area contributed by atoms with Gasteiger partial charge in [0.05, 0.1) is 6.61 Å². The highest BCUT2D eigenvalue weighted by atomic mass is 16.5. The number of rotatable bonds is 8. The van der Waals surface area contributed by atoms with Gasteiger partial charge in [-0.1, -0.05) is 85.8 Å². The number of ether oxygens (including phenoxy) is 1. The molecule has 0 saturated carbocycles. The zero-order valence-electron chi connectivity index (χ0n) is 18.7. The van der Waals surface area contributed by atoms with Crippen LogP contribution in [0.15, 0.2) is 115 Å². The normalized spacial score (nSPS) is 11.0. The second-order valence-corrected chi connectivity index (χ2v) is 7.36. The number of carbonyl (C=O) groups excluding carboxylic acids is 1. The van der Waals surface area contributed by atoms with Crippen molar-refractivity contribution in [1.29, 1.82) is 0 Å². The molecule has 4 rings (SSSR count). The van der Waals surface area contributed by atoms with Crippen LogP contribution < -0.4 is 10.1 Å². The Kier molecular flexibility index (Phi) is 9.25. The average molecular weight is 440 g/mol. The Hall–Kier alpha value is -3.89. The number of anilines is 1. The maximum atomic E-state index is 11.8. The van der Waals surface area contributed by atoms with Gasteiger partial charge in [0.15, 0.2) is 12.0 Å². The van der Waals surface area contributed by atoms with Crippen molar-refractivity contribution in [2.45, 2.75) is 26.2 Å². The molecule has 0 amide bonds. The topological polar surface area (TPSA) is 58.6 Å². The van der Waals surface area contributed by atoms with Gasteiger partial charge in [-0.15, -0.1) is 0 Å². The van der Waals surface area contributed by atoms with Crippen LogP contribution in [0, 0.1) is 0 Å². The molecule has 0 fully saturated rings. The van der Waals surface area contributed by atoms with Crippen molar-refractivity contribution in [3.8, 4) is 5.75 Å². The first kappa shape index (κ1) is 23.8. The van der Waals surface area contributed by atoms with Crippen molar-refractivity contribution < 1.29 is 14.6 Å². The van der Waals surface area contributed by atoms with Crippen LogP contribution in [-0.2, 0) is 6.61 Å². The molecule has 0 aliphatic heterocycles. The van der Waals surface area contributed by atoms with E-state index < -0.39 is 0 Å². The van der Waals surface area contributed by atoms with Crippen LogP contribution in [0.1, 0.15) is 41.1 Å². The zero-order valence-corrected chi connectivity index (χ0v) is 18.7. The second-order valence-electron chi connectivity index (χ2n) is 7.36. The van der Waals surface area contributed by atoms with Gasteiger partial charge in [0, 0.05) is 23.2 Å². The number of nitrogens with one attached hydrogen (secondary N) is 1. The van der Waals surface area contributed by atoms with Crippen LogP contribution in [0.4, 0.5) is 5.69 Å². The second kappa shape index (κ2) is 12.8. The molecule has 4 nitrogen and oxygen atoms in total. The van der Waals surface area contributed by atoms with Gasteiger partial charge in [0.2, 0.25) is 0 Å². The minimum atomic E-state index is -0.323. The highest BCUT2D eigenvalue weighted by Gasteiger charge is 2.13. The van der Waals surface area contributed by atoms with Gasteiger partial charge in [-0.3, -0.25) is 4.79 Å². The first-order valence-electron chi connectivity index (χ1n) is 11.0. The number of hydrogen-bond donors (Lipinski definition) is 2. The summed E-state index contributed by atoms with van der Waals surface area (Å²) in [4.78, 5) is 11.8. The summed E-state index contributed by atoms with van der Waals surface area (Å²) in [6.45, 7) is 2.00. The number of para-hydroxylation sites is 1. The molecule has 0 aliphatic carbocycles. The molecule has 0 heterocycles. The van der Waals surface area contributed by atoms with Crippen molar-refractivity contribution in [2.75, 3.05) is 5.32 Å². The number of hydrogen-bond acceptors (Lipinski definition) is 4. The van der Waals surface area contributed by atoms with Crippen molar-refractivity contribution in [3.63, 3.8) is 0 Å². The van der Waals surface area contributed by atoms with E-state index >= 15 is 0 Å². The van der Waals surface area contributed by atoms with E-state index in [1.54, 1.807) is 0 Å². The standard InChI is InChI=1S/C22H21NO2.C7H8O/c1-2-21(24)17-13-15-20(16-14-17)25-22(18-9-5-3-6-10-18)23-19-11-7-4-8-12-19;8-6-7-4-2-1-3-5-7/h3-16,22-23H,2H2,1H3;1-5,8H,6H2. The maximum Gasteiger partial charge on any atom is 0.196 e. The number of benzene rings is 4. The Morgan fingerprint density at radius 2 is 1.33 bits per heavy atom. The van der Waals surface area contributed by atoms with Crippen molar-refractivity contribution in [2.24, 2.45) is 0 Å². The third-order valence-electron chi connectivity index (χ3n) is 4.95. The minimum Gasteiger partial charge on any atom is -0.467 e. The average Bonchev–Trinajstić information content (AvgIpc) is 2.90. The Bertz CT molecular complexity index is 1080. The lowest BCUT2D eigenvalue weighted by molar-refractivity contribution is 0.0988. The number of Topliss-reactive ketones (excluding diaryl/α,β-unsaturated/α-hetero) is 1. The summed E-state index contributed by atoms with van der Waals surface area (Å²) in [5.74, 6) is 0.846. The smallest absolute Gasteiger partial charge is 0.196 e. The summed E-state index contributed by atoms with van der Waals surface area (Å²) in [6, 6.07) is 36.8. The molecule has 0 aromatic heterocycles. The van der Waals surface area contributed by atoms with Gasteiger partial charge < -0.3 is 15.2 Å². The Labute approximate surface area is 195 Å². The van der Waals surface area contributed by atoms with Crippen LogP contribution in [0.2, 0.25) is 0 Å². The summed E-state index contributed by atoms with van der Waals surface area (Å²) in [6.07, 6.45) is 0.180. The van der Waals surface area contributed by atoms with Gasteiger partial charge in [-0.2, -0.15) is 0 Å². The van der Waals surface area contributed by atoms with Crippen molar-refractivity contribution in [1.82, 2.24) is 0 Å². The van der Waals surface area contributed by atoms with Crippen molar-refractivity contribution in [3.05, 3.63) is 132 Å². The Morgan fingerprint density at radius 3 is 1.85 bits per heavy atom. The fourth-order valence-electron chi connectivity index (χ4n) is 3.14. The number of ketones is 1. The predicted molar refractivity (Wildman–Crippen MR) is 133 cm³/mol. The lowest BCUT2D eigenvalue weighted by Gasteiger charge is -2.22. The highest BCUT2D eigenvalue weighted by Crippen LogP contribution is 2.24. The quantitative estimate of drug-likeness (QED) is 0.238. The summed E-state index contributed by atoms with van der Waals surface area (Å²) in [5.41, 5.74) is 3.68. The van der Waals surface area contributed by atoms with Gasteiger partial charge in [0.25, 0.3) is 0 Å². The summed E-state index contributed by atoms with van der Waals surface area (Å²) < 4.78 is 6.15. The van der Waals surface area contributed by atoms with Crippen molar-refractivity contribution >= 4 is 11.5 Å². The van der Waals surface area contributed by atoms with Gasteiger partial charge >= 0.3 is 0 Å². The fraction of sp³-hybridized carbons (Fsp3) is 0.138.